The molecule has 1 radical (unpaired) electrons. The number of hydrogen-bond donors (Lipinski definition) is 1. The second-order valence-corrected chi connectivity index (χ2v) is 2.69. The molecule has 1 N–H and O–H groups in total. The van der Waals surface area contributed by atoms with Crippen LogP contribution < -0.4 is 5.32 Å². The maximum absolute atomic E-state index is 5.37. The Morgan fingerprint density at radius 2 is 2.67 bits per heavy atom. The zero-order valence-electron chi connectivity index (χ0n) is 6.66. The largest absolute Gasteiger partial charge is 0.359 e. The van der Waals surface area contributed by atoms with Crippen LogP contribution in [-0.2, 0) is 4.74 Å². The fourth-order valence-electron chi connectivity index (χ4n) is 1.20. The molecule has 1 fully saturated rings. The molecule has 0 aliphatic carbocycles. The number of ether oxygens (including phenoxy) is 1. The molecule has 63 valence electrons. The minimum Gasteiger partial charge on any atom is -0.359 e. The van der Waals surface area contributed by atoms with Gasteiger partial charge >= 0.3 is 0 Å². The van der Waals surface area contributed by atoms with E-state index in [2.05, 4.69) is 21.6 Å². The first kappa shape index (κ1) is 7.49. The topological polar surface area (TPSA) is 47.0 Å². The molecule has 12 heavy (non-hydrogen) atoms. The van der Waals surface area contributed by atoms with Crippen LogP contribution in [0, 0.1) is 6.33 Å². The molecule has 1 aliphatic rings. The molecule has 1 aromatic heterocycles. The van der Waals surface area contributed by atoms with Gasteiger partial charge in [0.1, 0.15) is 12.0 Å². The normalized spacial score (nSPS) is 22.5. The lowest BCUT2D eigenvalue weighted by Gasteiger charge is -2.10. The van der Waals surface area contributed by atoms with Crippen LogP contribution in [0.2, 0.25) is 0 Å². The van der Waals surface area contributed by atoms with Crippen molar-refractivity contribution in [3.8, 4) is 0 Å². The van der Waals surface area contributed by atoms with E-state index in [1.807, 2.05) is 0 Å². The van der Waals surface area contributed by atoms with Crippen LogP contribution in [0.25, 0.3) is 0 Å². The van der Waals surface area contributed by atoms with Gasteiger partial charge in [0, 0.05) is 12.8 Å². The SMILES string of the molecule is [c]1nccc(NC2CCCO2)n1. The third-order valence-corrected chi connectivity index (χ3v) is 1.77. The maximum atomic E-state index is 5.37. The van der Waals surface area contributed by atoms with Crippen molar-refractivity contribution in [1.82, 2.24) is 9.97 Å². The number of hydrogen-bond acceptors (Lipinski definition) is 4. The van der Waals surface area contributed by atoms with Gasteiger partial charge in [-0.2, -0.15) is 0 Å². The molecule has 2 heterocycles. The molecular weight excluding hydrogens is 154 g/mol. The minimum absolute atomic E-state index is 0.119. The van der Waals surface area contributed by atoms with Crippen molar-refractivity contribution in [2.75, 3.05) is 11.9 Å². The van der Waals surface area contributed by atoms with E-state index in [1.165, 1.54) is 0 Å². The lowest BCUT2D eigenvalue weighted by Crippen LogP contribution is -2.17. The van der Waals surface area contributed by atoms with E-state index in [0.29, 0.717) is 0 Å². The molecule has 4 nitrogen and oxygen atoms in total. The summed E-state index contributed by atoms with van der Waals surface area (Å²) in [6.45, 7) is 0.840. The summed E-state index contributed by atoms with van der Waals surface area (Å²) in [5, 5.41) is 3.14. The Hall–Kier alpha value is -1.16. The van der Waals surface area contributed by atoms with Crippen molar-refractivity contribution < 1.29 is 4.74 Å². The minimum atomic E-state index is 0.119. The third kappa shape index (κ3) is 1.71. The molecule has 1 saturated heterocycles. The second kappa shape index (κ2) is 3.49. The number of nitrogens with zero attached hydrogens (tertiary/aromatic N) is 2. The van der Waals surface area contributed by atoms with E-state index in [1.54, 1.807) is 12.3 Å². The third-order valence-electron chi connectivity index (χ3n) is 1.77. The number of anilines is 1. The van der Waals surface area contributed by atoms with E-state index in [9.17, 15) is 0 Å². The Kier molecular flexibility index (Phi) is 2.18. The van der Waals surface area contributed by atoms with Gasteiger partial charge in [0.2, 0.25) is 0 Å². The summed E-state index contributed by atoms with van der Waals surface area (Å²) in [5.74, 6) is 0.775. The van der Waals surface area contributed by atoms with Gasteiger partial charge in [-0.3, -0.25) is 0 Å². The standard InChI is InChI=1S/C8H10N3O/c1-2-8(12-5-1)11-7-3-4-9-6-10-7/h3-4,8H,1-2,5H2,(H,9,10,11). The Labute approximate surface area is 71.0 Å². The molecule has 1 atom stereocenters. The molecule has 4 heteroatoms. The van der Waals surface area contributed by atoms with Crippen molar-refractivity contribution in [1.29, 1.82) is 0 Å². The first-order valence-corrected chi connectivity index (χ1v) is 4.02. The van der Waals surface area contributed by atoms with Gasteiger partial charge in [0.15, 0.2) is 6.33 Å². The van der Waals surface area contributed by atoms with Crippen molar-refractivity contribution in [3.63, 3.8) is 0 Å². The van der Waals surface area contributed by atoms with E-state index < -0.39 is 0 Å². The average Bonchev–Trinajstić information content (AvgIpc) is 2.59. The highest BCUT2D eigenvalue weighted by atomic mass is 16.5. The first-order valence-electron chi connectivity index (χ1n) is 4.02. The van der Waals surface area contributed by atoms with Gasteiger partial charge in [-0.15, -0.1) is 0 Å². The van der Waals surface area contributed by atoms with E-state index >= 15 is 0 Å². The zero-order valence-corrected chi connectivity index (χ0v) is 6.66. The Morgan fingerprint density at radius 1 is 1.67 bits per heavy atom. The van der Waals surface area contributed by atoms with Crippen molar-refractivity contribution in [2.45, 2.75) is 19.1 Å². The van der Waals surface area contributed by atoms with Crippen LogP contribution in [0.15, 0.2) is 12.3 Å². The quantitative estimate of drug-likeness (QED) is 0.703. The summed E-state index contributed by atoms with van der Waals surface area (Å²) < 4.78 is 5.37. The smallest absolute Gasteiger partial charge is 0.199 e. The van der Waals surface area contributed by atoms with E-state index in [-0.39, 0.29) is 6.23 Å². The highest BCUT2D eigenvalue weighted by Crippen LogP contribution is 2.13. The summed E-state index contributed by atoms with van der Waals surface area (Å²) in [6.07, 6.45) is 6.46. The van der Waals surface area contributed by atoms with E-state index in [4.69, 9.17) is 4.74 Å². The lowest BCUT2D eigenvalue weighted by molar-refractivity contribution is 0.131. The molecule has 1 aromatic rings. The lowest BCUT2D eigenvalue weighted by atomic mass is 10.3. The van der Waals surface area contributed by atoms with Gasteiger partial charge in [-0.25, -0.2) is 9.97 Å². The fraction of sp³-hybridized carbons (Fsp3) is 0.500. The van der Waals surface area contributed by atoms with Crippen LogP contribution in [0.5, 0.6) is 0 Å². The van der Waals surface area contributed by atoms with E-state index in [0.717, 1.165) is 25.3 Å². The van der Waals surface area contributed by atoms with Crippen molar-refractivity contribution in [2.24, 2.45) is 0 Å². The van der Waals surface area contributed by atoms with Gasteiger partial charge < -0.3 is 10.1 Å². The molecule has 0 spiro atoms. The fourth-order valence-corrected chi connectivity index (χ4v) is 1.20. The van der Waals surface area contributed by atoms with Crippen molar-refractivity contribution >= 4 is 5.82 Å². The van der Waals surface area contributed by atoms with Crippen LogP contribution in [0.3, 0.4) is 0 Å². The summed E-state index contributed by atoms with van der Waals surface area (Å²) in [6, 6.07) is 1.80. The molecule has 0 bridgehead atoms. The molecule has 2 rings (SSSR count). The monoisotopic (exact) mass is 164 g/mol. The molecule has 1 unspecified atom stereocenters. The average molecular weight is 164 g/mol. The van der Waals surface area contributed by atoms with Gasteiger partial charge in [-0.1, -0.05) is 0 Å². The van der Waals surface area contributed by atoms with Crippen molar-refractivity contribution in [3.05, 3.63) is 18.6 Å². The molecule has 0 aromatic carbocycles. The highest BCUT2D eigenvalue weighted by Gasteiger charge is 2.14. The molecule has 1 aliphatic heterocycles. The molecule has 0 amide bonds. The maximum Gasteiger partial charge on any atom is 0.199 e. The molecule has 0 saturated carbocycles. The number of nitrogens with one attached hydrogen (secondary N) is 1. The summed E-state index contributed by atoms with van der Waals surface area (Å²) in [4.78, 5) is 7.62. The van der Waals surface area contributed by atoms with Gasteiger partial charge in [0.25, 0.3) is 0 Å². The summed E-state index contributed by atoms with van der Waals surface area (Å²) in [5.41, 5.74) is 0. The Bertz CT molecular complexity index is 233. The van der Waals surface area contributed by atoms with Gasteiger partial charge in [0.05, 0.1) is 0 Å². The second-order valence-electron chi connectivity index (χ2n) is 2.69. The predicted molar refractivity (Wildman–Crippen MR) is 43.5 cm³/mol. The zero-order chi connectivity index (χ0) is 8.23. The predicted octanol–water partition coefficient (Wildman–Crippen LogP) is 0.825. The van der Waals surface area contributed by atoms with Crippen LogP contribution in [0.1, 0.15) is 12.8 Å². The molecular formula is C8H10N3O. The van der Waals surface area contributed by atoms with Gasteiger partial charge in [-0.05, 0) is 18.9 Å². The van der Waals surface area contributed by atoms with Crippen LogP contribution in [-0.4, -0.2) is 22.8 Å². The summed E-state index contributed by atoms with van der Waals surface area (Å²) >= 11 is 0. The van der Waals surface area contributed by atoms with Crippen LogP contribution >= 0.6 is 0 Å². The number of aromatic nitrogens is 2. The highest BCUT2D eigenvalue weighted by molar-refractivity contribution is 5.32. The summed E-state index contributed by atoms with van der Waals surface area (Å²) in [7, 11) is 0. The van der Waals surface area contributed by atoms with Crippen LogP contribution in [0.4, 0.5) is 5.82 Å². The number of rotatable bonds is 2. The Morgan fingerprint density at radius 3 is 3.33 bits per heavy atom. The first-order chi connectivity index (χ1) is 5.95. The Balaban J connectivity index is 1.94.